The Morgan fingerprint density at radius 1 is 1.25 bits per heavy atom. The van der Waals surface area contributed by atoms with Crippen molar-refractivity contribution in [2.75, 3.05) is 18.7 Å². The van der Waals surface area contributed by atoms with Gasteiger partial charge in [0.05, 0.1) is 12.8 Å². The van der Waals surface area contributed by atoms with E-state index in [9.17, 15) is 4.79 Å². The average Bonchev–Trinajstić information content (AvgIpc) is 3.04. The third-order valence-electron chi connectivity index (χ3n) is 3.41. The Morgan fingerprint density at radius 2 is 2.08 bits per heavy atom. The Bertz CT molecular complexity index is 793. The van der Waals surface area contributed by atoms with Crippen molar-refractivity contribution in [1.82, 2.24) is 5.43 Å². The minimum Gasteiger partial charge on any atom is -0.454 e. The van der Waals surface area contributed by atoms with Crippen LogP contribution in [0.2, 0.25) is 0 Å². The van der Waals surface area contributed by atoms with Crippen molar-refractivity contribution in [3.8, 4) is 11.5 Å². The third kappa shape index (κ3) is 4.16. The predicted octanol–water partition coefficient (Wildman–Crippen LogP) is 2.89. The zero-order valence-corrected chi connectivity index (χ0v) is 15.2. The fourth-order valence-electron chi connectivity index (χ4n) is 2.15. The second kappa shape index (κ2) is 7.52. The summed E-state index contributed by atoms with van der Waals surface area (Å²) in [5, 5.41) is 7.02. The molecular weight excluding hydrogens is 421 g/mol. The van der Waals surface area contributed by atoms with Gasteiger partial charge in [0.2, 0.25) is 6.79 Å². The Kier molecular flexibility index (Phi) is 5.19. The Hall–Kier alpha value is -2.29. The van der Waals surface area contributed by atoms with E-state index in [2.05, 4.69) is 38.4 Å². The topological polar surface area (TPSA) is 72.0 Å². The summed E-state index contributed by atoms with van der Waals surface area (Å²) < 4.78 is 11.7. The molecule has 2 aromatic rings. The van der Waals surface area contributed by atoms with Crippen LogP contribution < -0.4 is 20.2 Å². The standard InChI is InChI=1S/C17H16IN3O3/c1-11-6-13(3-4-14(11)18)19-9-17(22)21-20-8-12-2-5-15-16(7-12)24-10-23-15/h2-8,19H,9-10H2,1H3,(H,21,22)/b20-8+. The lowest BCUT2D eigenvalue weighted by Crippen LogP contribution is -2.25. The molecule has 1 aliphatic heterocycles. The van der Waals surface area contributed by atoms with Gasteiger partial charge in [-0.3, -0.25) is 4.79 Å². The van der Waals surface area contributed by atoms with Gasteiger partial charge in [0.15, 0.2) is 11.5 Å². The maximum absolute atomic E-state index is 11.8. The van der Waals surface area contributed by atoms with E-state index in [1.807, 2.05) is 43.3 Å². The number of amides is 1. The molecule has 0 saturated carbocycles. The second-order valence-corrected chi connectivity index (χ2v) is 6.39. The number of carbonyl (C=O) groups excluding carboxylic acids is 1. The maximum Gasteiger partial charge on any atom is 0.259 e. The van der Waals surface area contributed by atoms with Crippen molar-refractivity contribution in [3.05, 3.63) is 51.1 Å². The summed E-state index contributed by atoms with van der Waals surface area (Å²) >= 11 is 2.27. The van der Waals surface area contributed by atoms with E-state index >= 15 is 0 Å². The fraction of sp³-hybridized carbons (Fsp3) is 0.176. The number of nitrogens with zero attached hydrogens (tertiary/aromatic N) is 1. The smallest absolute Gasteiger partial charge is 0.259 e. The number of nitrogens with one attached hydrogen (secondary N) is 2. The molecule has 0 radical (unpaired) electrons. The van der Waals surface area contributed by atoms with Crippen molar-refractivity contribution in [1.29, 1.82) is 0 Å². The molecule has 0 bridgehead atoms. The highest BCUT2D eigenvalue weighted by atomic mass is 127. The van der Waals surface area contributed by atoms with Gasteiger partial charge in [0.25, 0.3) is 5.91 Å². The summed E-state index contributed by atoms with van der Waals surface area (Å²) in [6.07, 6.45) is 1.56. The molecule has 6 nitrogen and oxygen atoms in total. The Balaban J connectivity index is 1.49. The van der Waals surface area contributed by atoms with Gasteiger partial charge in [-0.1, -0.05) is 0 Å². The van der Waals surface area contributed by atoms with E-state index < -0.39 is 0 Å². The van der Waals surface area contributed by atoms with E-state index in [-0.39, 0.29) is 19.2 Å². The molecule has 0 atom stereocenters. The van der Waals surface area contributed by atoms with Crippen LogP contribution in [0.1, 0.15) is 11.1 Å². The number of benzene rings is 2. The molecule has 0 spiro atoms. The first-order valence-corrected chi connectivity index (χ1v) is 8.41. The third-order valence-corrected chi connectivity index (χ3v) is 4.62. The molecule has 124 valence electrons. The van der Waals surface area contributed by atoms with Crippen LogP contribution in [0, 0.1) is 10.5 Å². The molecule has 2 N–H and O–H groups in total. The van der Waals surface area contributed by atoms with Crippen LogP contribution in [0.5, 0.6) is 11.5 Å². The SMILES string of the molecule is Cc1cc(NCC(=O)N/N=C/c2ccc3c(c2)OCO3)ccc1I. The molecular formula is C17H16IN3O3. The Labute approximate surface area is 153 Å². The van der Waals surface area contributed by atoms with Gasteiger partial charge < -0.3 is 14.8 Å². The molecule has 0 aromatic heterocycles. The van der Waals surface area contributed by atoms with Crippen LogP contribution in [0.25, 0.3) is 0 Å². The molecule has 0 aliphatic carbocycles. The van der Waals surface area contributed by atoms with Crippen molar-refractivity contribution < 1.29 is 14.3 Å². The van der Waals surface area contributed by atoms with Gasteiger partial charge >= 0.3 is 0 Å². The van der Waals surface area contributed by atoms with Crippen LogP contribution in [0.15, 0.2) is 41.5 Å². The number of ether oxygens (including phenoxy) is 2. The number of hydrazone groups is 1. The van der Waals surface area contributed by atoms with Crippen LogP contribution in [-0.4, -0.2) is 25.5 Å². The fourth-order valence-corrected chi connectivity index (χ4v) is 2.48. The van der Waals surface area contributed by atoms with Crippen molar-refractivity contribution >= 4 is 40.4 Å². The van der Waals surface area contributed by atoms with E-state index in [0.29, 0.717) is 11.5 Å². The number of halogens is 1. The largest absolute Gasteiger partial charge is 0.454 e. The molecule has 24 heavy (non-hydrogen) atoms. The molecule has 0 saturated heterocycles. The zero-order chi connectivity index (χ0) is 16.9. The summed E-state index contributed by atoms with van der Waals surface area (Å²) in [7, 11) is 0. The van der Waals surface area contributed by atoms with Crippen LogP contribution >= 0.6 is 22.6 Å². The van der Waals surface area contributed by atoms with Gasteiger partial charge in [0, 0.05) is 9.26 Å². The monoisotopic (exact) mass is 437 g/mol. The van der Waals surface area contributed by atoms with E-state index in [0.717, 1.165) is 11.3 Å². The molecule has 3 rings (SSSR count). The first-order chi connectivity index (χ1) is 11.6. The number of anilines is 1. The van der Waals surface area contributed by atoms with Crippen molar-refractivity contribution in [2.24, 2.45) is 5.10 Å². The maximum atomic E-state index is 11.8. The number of fused-ring (bicyclic) bond motifs is 1. The van der Waals surface area contributed by atoms with E-state index in [1.54, 1.807) is 6.21 Å². The number of hydrogen-bond acceptors (Lipinski definition) is 5. The van der Waals surface area contributed by atoms with Crippen LogP contribution in [0.4, 0.5) is 5.69 Å². The molecule has 2 aromatic carbocycles. The lowest BCUT2D eigenvalue weighted by atomic mass is 10.2. The van der Waals surface area contributed by atoms with Gasteiger partial charge in [-0.15, -0.1) is 0 Å². The number of rotatable bonds is 5. The minimum absolute atomic E-state index is 0.151. The predicted molar refractivity (Wildman–Crippen MR) is 101 cm³/mol. The average molecular weight is 437 g/mol. The number of hydrogen-bond donors (Lipinski definition) is 2. The van der Waals surface area contributed by atoms with Gasteiger partial charge in [-0.05, 0) is 77.0 Å². The zero-order valence-electron chi connectivity index (χ0n) is 13.0. The summed E-state index contributed by atoms with van der Waals surface area (Å²) in [5.41, 5.74) is 5.38. The first kappa shape index (κ1) is 16.6. The normalized spacial score (nSPS) is 12.4. The van der Waals surface area contributed by atoms with Gasteiger partial charge in [-0.2, -0.15) is 5.10 Å². The summed E-state index contributed by atoms with van der Waals surface area (Å²) in [6, 6.07) is 11.4. The minimum atomic E-state index is -0.219. The second-order valence-electron chi connectivity index (χ2n) is 5.22. The first-order valence-electron chi connectivity index (χ1n) is 7.33. The number of aryl methyl sites for hydroxylation is 1. The summed E-state index contributed by atoms with van der Waals surface area (Å²) in [4.78, 5) is 11.8. The molecule has 1 aliphatic rings. The molecule has 1 amide bonds. The lowest BCUT2D eigenvalue weighted by Gasteiger charge is -2.07. The van der Waals surface area contributed by atoms with Crippen molar-refractivity contribution in [2.45, 2.75) is 6.92 Å². The van der Waals surface area contributed by atoms with Gasteiger partial charge in [0.1, 0.15) is 0 Å². The molecule has 0 unspecified atom stereocenters. The van der Waals surface area contributed by atoms with E-state index in [4.69, 9.17) is 9.47 Å². The molecule has 1 heterocycles. The lowest BCUT2D eigenvalue weighted by molar-refractivity contribution is -0.119. The van der Waals surface area contributed by atoms with Gasteiger partial charge in [-0.25, -0.2) is 5.43 Å². The number of carbonyl (C=O) groups is 1. The van der Waals surface area contributed by atoms with Crippen LogP contribution in [0.3, 0.4) is 0 Å². The molecule has 0 fully saturated rings. The van der Waals surface area contributed by atoms with E-state index in [1.165, 1.54) is 9.13 Å². The summed E-state index contributed by atoms with van der Waals surface area (Å²) in [5.74, 6) is 1.18. The van der Waals surface area contributed by atoms with Crippen molar-refractivity contribution in [3.63, 3.8) is 0 Å². The quantitative estimate of drug-likeness (QED) is 0.429. The van der Waals surface area contributed by atoms with Crippen LogP contribution in [-0.2, 0) is 4.79 Å². The highest BCUT2D eigenvalue weighted by molar-refractivity contribution is 14.1. The Morgan fingerprint density at radius 3 is 2.92 bits per heavy atom. The highest BCUT2D eigenvalue weighted by Gasteiger charge is 2.12. The highest BCUT2D eigenvalue weighted by Crippen LogP contribution is 2.31. The summed E-state index contributed by atoms with van der Waals surface area (Å²) in [6.45, 7) is 2.41. The molecule has 7 heteroatoms.